The molecule has 0 aliphatic carbocycles. The topological polar surface area (TPSA) is 78.4 Å². The maximum absolute atomic E-state index is 11.3. The molecule has 15 heavy (non-hydrogen) atoms. The smallest absolute Gasteiger partial charge is 0.326 e. The highest BCUT2D eigenvalue weighted by Crippen LogP contribution is 2.01. The lowest BCUT2D eigenvalue weighted by molar-refractivity contribution is -0.143. The number of aliphatic carboxylic acids is 1. The van der Waals surface area contributed by atoms with E-state index in [1.165, 1.54) is 0 Å². The van der Waals surface area contributed by atoms with Gasteiger partial charge in [-0.05, 0) is 12.5 Å². The summed E-state index contributed by atoms with van der Waals surface area (Å²) in [5.74, 6) is -1.32. The summed E-state index contributed by atoms with van der Waals surface area (Å²) in [6, 6.07) is -0.792. The van der Waals surface area contributed by atoms with Crippen molar-refractivity contribution in [3.8, 4) is 0 Å². The Balaban J connectivity index is 3.95. The van der Waals surface area contributed by atoms with Crippen molar-refractivity contribution in [2.45, 2.75) is 33.2 Å². The SMILES string of the molecule is CCNCCC(=O)N[C@@H](C(=O)O)C(C)C. The van der Waals surface area contributed by atoms with Gasteiger partial charge in [-0.1, -0.05) is 20.8 Å². The van der Waals surface area contributed by atoms with E-state index in [-0.39, 0.29) is 11.8 Å². The lowest BCUT2D eigenvalue weighted by Gasteiger charge is -2.17. The Labute approximate surface area is 90.2 Å². The Hall–Kier alpha value is -1.10. The number of carboxylic acid groups (broad SMARTS) is 1. The molecule has 1 atom stereocenters. The highest BCUT2D eigenvalue weighted by molar-refractivity contribution is 5.83. The fourth-order valence-electron chi connectivity index (χ4n) is 1.14. The molecule has 5 heteroatoms. The molecule has 0 aromatic carbocycles. The Morgan fingerprint density at radius 1 is 1.33 bits per heavy atom. The van der Waals surface area contributed by atoms with E-state index in [0.29, 0.717) is 13.0 Å². The van der Waals surface area contributed by atoms with Gasteiger partial charge in [-0.3, -0.25) is 4.79 Å². The Kier molecular flexibility index (Phi) is 6.70. The minimum atomic E-state index is -0.984. The van der Waals surface area contributed by atoms with E-state index >= 15 is 0 Å². The molecule has 0 spiro atoms. The van der Waals surface area contributed by atoms with Crippen molar-refractivity contribution < 1.29 is 14.7 Å². The molecule has 0 aliphatic rings. The lowest BCUT2D eigenvalue weighted by Crippen LogP contribution is -2.44. The van der Waals surface area contributed by atoms with Crippen LogP contribution in [0.3, 0.4) is 0 Å². The molecular weight excluding hydrogens is 196 g/mol. The average molecular weight is 216 g/mol. The van der Waals surface area contributed by atoms with Gasteiger partial charge < -0.3 is 15.7 Å². The summed E-state index contributed by atoms with van der Waals surface area (Å²) in [7, 11) is 0. The second-order valence-corrected chi connectivity index (χ2v) is 3.73. The Morgan fingerprint density at radius 2 is 1.93 bits per heavy atom. The van der Waals surface area contributed by atoms with Gasteiger partial charge in [-0.25, -0.2) is 4.79 Å². The first-order valence-corrected chi connectivity index (χ1v) is 5.22. The summed E-state index contributed by atoms with van der Waals surface area (Å²) in [6.45, 7) is 6.87. The molecule has 88 valence electrons. The standard InChI is InChI=1S/C10H20N2O3/c1-4-11-6-5-8(13)12-9(7(2)3)10(14)15/h7,9,11H,4-6H2,1-3H3,(H,12,13)(H,14,15)/t9-/m1/s1. The van der Waals surface area contributed by atoms with Crippen LogP contribution in [0.5, 0.6) is 0 Å². The van der Waals surface area contributed by atoms with Crippen LogP contribution in [0.1, 0.15) is 27.2 Å². The minimum absolute atomic E-state index is 0.106. The zero-order valence-corrected chi connectivity index (χ0v) is 9.54. The molecule has 0 fully saturated rings. The summed E-state index contributed by atoms with van der Waals surface area (Å²) in [6.07, 6.45) is 0.310. The molecule has 0 aromatic rings. The normalized spacial score (nSPS) is 12.5. The van der Waals surface area contributed by atoms with E-state index in [2.05, 4.69) is 10.6 Å². The molecule has 0 radical (unpaired) electrons. The number of carbonyl (C=O) groups excluding carboxylic acids is 1. The number of rotatable bonds is 7. The first kappa shape index (κ1) is 13.9. The van der Waals surface area contributed by atoms with Crippen LogP contribution in [-0.2, 0) is 9.59 Å². The van der Waals surface area contributed by atoms with Crippen LogP contribution in [-0.4, -0.2) is 36.1 Å². The van der Waals surface area contributed by atoms with Crippen molar-refractivity contribution in [1.29, 1.82) is 0 Å². The van der Waals surface area contributed by atoms with Gasteiger partial charge in [-0.2, -0.15) is 0 Å². The first-order valence-electron chi connectivity index (χ1n) is 5.22. The van der Waals surface area contributed by atoms with E-state index in [0.717, 1.165) is 6.54 Å². The molecule has 0 rings (SSSR count). The monoisotopic (exact) mass is 216 g/mol. The summed E-state index contributed by atoms with van der Waals surface area (Å²) < 4.78 is 0. The largest absolute Gasteiger partial charge is 0.480 e. The van der Waals surface area contributed by atoms with Gasteiger partial charge in [0.1, 0.15) is 6.04 Å². The second-order valence-electron chi connectivity index (χ2n) is 3.73. The van der Waals surface area contributed by atoms with Crippen LogP contribution in [0.4, 0.5) is 0 Å². The van der Waals surface area contributed by atoms with Crippen LogP contribution in [0.2, 0.25) is 0 Å². The molecule has 1 amide bonds. The van der Waals surface area contributed by atoms with Gasteiger partial charge in [0.2, 0.25) is 5.91 Å². The van der Waals surface area contributed by atoms with Crippen LogP contribution >= 0.6 is 0 Å². The maximum atomic E-state index is 11.3. The van der Waals surface area contributed by atoms with Gasteiger partial charge in [0.25, 0.3) is 0 Å². The molecule has 0 saturated heterocycles. The summed E-state index contributed by atoms with van der Waals surface area (Å²) in [4.78, 5) is 22.1. The number of hydrogen-bond acceptors (Lipinski definition) is 3. The zero-order valence-electron chi connectivity index (χ0n) is 9.54. The predicted molar refractivity (Wildman–Crippen MR) is 57.6 cm³/mol. The van der Waals surface area contributed by atoms with Crippen molar-refractivity contribution in [1.82, 2.24) is 10.6 Å². The average Bonchev–Trinajstić information content (AvgIpc) is 2.13. The van der Waals surface area contributed by atoms with E-state index < -0.39 is 12.0 Å². The quantitative estimate of drug-likeness (QED) is 0.532. The Morgan fingerprint density at radius 3 is 2.33 bits per heavy atom. The van der Waals surface area contributed by atoms with Gasteiger partial charge in [0.15, 0.2) is 0 Å². The lowest BCUT2D eigenvalue weighted by atomic mass is 10.0. The van der Waals surface area contributed by atoms with E-state index in [9.17, 15) is 9.59 Å². The van der Waals surface area contributed by atoms with Crippen molar-refractivity contribution in [3.05, 3.63) is 0 Å². The van der Waals surface area contributed by atoms with Crippen LogP contribution in [0.25, 0.3) is 0 Å². The molecule has 0 aromatic heterocycles. The number of nitrogens with one attached hydrogen (secondary N) is 2. The summed E-state index contributed by atoms with van der Waals surface area (Å²) >= 11 is 0. The zero-order chi connectivity index (χ0) is 11.8. The number of carbonyl (C=O) groups is 2. The van der Waals surface area contributed by atoms with Crippen molar-refractivity contribution >= 4 is 11.9 Å². The first-order chi connectivity index (χ1) is 6.99. The van der Waals surface area contributed by atoms with Crippen molar-refractivity contribution in [2.75, 3.05) is 13.1 Å². The predicted octanol–water partition coefficient (Wildman–Crippen LogP) is 0.211. The molecule has 3 N–H and O–H groups in total. The molecule has 5 nitrogen and oxygen atoms in total. The molecular formula is C10H20N2O3. The fraction of sp³-hybridized carbons (Fsp3) is 0.800. The number of amides is 1. The molecule has 0 unspecified atom stereocenters. The van der Waals surface area contributed by atoms with E-state index in [1.807, 2.05) is 6.92 Å². The van der Waals surface area contributed by atoms with Gasteiger partial charge in [0, 0.05) is 13.0 Å². The highest BCUT2D eigenvalue weighted by atomic mass is 16.4. The molecule has 0 aliphatic heterocycles. The van der Waals surface area contributed by atoms with Crippen LogP contribution in [0.15, 0.2) is 0 Å². The maximum Gasteiger partial charge on any atom is 0.326 e. The Bertz CT molecular complexity index is 217. The third-order valence-corrected chi connectivity index (χ3v) is 2.03. The highest BCUT2D eigenvalue weighted by Gasteiger charge is 2.22. The summed E-state index contributed by atoms with van der Waals surface area (Å²) in [5, 5.41) is 14.3. The fourth-order valence-corrected chi connectivity index (χ4v) is 1.14. The summed E-state index contributed by atoms with van der Waals surface area (Å²) in [5.41, 5.74) is 0. The van der Waals surface area contributed by atoms with Crippen molar-refractivity contribution in [2.24, 2.45) is 5.92 Å². The molecule has 0 saturated carbocycles. The van der Waals surface area contributed by atoms with Gasteiger partial charge in [-0.15, -0.1) is 0 Å². The van der Waals surface area contributed by atoms with Crippen LogP contribution < -0.4 is 10.6 Å². The third kappa shape index (κ3) is 6.06. The number of hydrogen-bond donors (Lipinski definition) is 3. The number of carboxylic acids is 1. The van der Waals surface area contributed by atoms with E-state index in [1.54, 1.807) is 13.8 Å². The van der Waals surface area contributed by atoms with Crippen molar-refractivity contribution in [3.63, 3.8) is 0 Å². The molecule has 0 bridgehead atoms. The van der Waals surface area contributed by atoms with Crippen LogP contribution in [0, 0.1) is 5.92 Å². The minimum Gasteiger partial charge on any atom is -0.480 e. The van der Waals surface area contributed by atoms with Gasteiger partial charge >= 0.3 is 5.97 Å². The van der Waals surface area contributed by atoms with E-state index in [4.69, 9.17) is 5.11 Å². The molecule has 0 heterocycles. The van der Waals surface area contributed by atoms with Gasteiger partial charge in [0.05, 0.1) is 0 Å². The third-order valence-electron chi connectivity index (χ3n) is 2.03. The second kappa shape index (κ2) is 7.23.